The van der Waals surface area contributed by atoms with E-state index in [1.54, 1.807) is 46.8 Å². The lowest BCUT2D eigenvalue weighted by molar-refractivity contribution is -0.140. The number of carboxylic acid groups (broad SMARTS) is 1. The first kappa shape index (κ1) is 15.5. The smallest absolute Gasteiger partial charge is 0.408 e. The molecule has 0 bridgehead atoms. The molecule has 0 unspecified atom stereocenters. The lowest BCUT2D eigenvalue weighted by Crippen LogP contribution is -2.46. The van der Waals surface area contributed by atoms with Crippen LogP contribution in [-0.2, 0) is 9.53 Å². The summed E-state index contributed by atoms with van der Waals surface area (Å²) in [6, 6.07) is -0.985. The Labute approximate surface area is 102 Å². The minimum Gasteiger partial charge on any atom is -0.480 e. The van der Waals surface area contributed by atoms with E-state index in [0.29, 0.717) is 0 Å². The highest BCUT2D eigenvalue weighted by Gasteiger charge is 2.27. The number of aliphatic carboxylic acids is 1. The molecule has 0 aromatic heterocycles. The number of rotatable bonds is 4. The van der Waals surface area contributed by atoms with E-state index in [0.717, 1.165) is 0 Å². The molecule has 1 amide bonds. The molecule has 0 aromatic carbocycles. The molecule has 0 heterocycles. The maximum atomic E-state index is 11.5. The molecule has 0 aliphatic heterocycles. The van der Waals surface area contributed by atoms with Crippen LogP contribution in [0.2, 0.25) is 0 Å². The van der Waals surface area contributed by atoms with Crippen molar-refractivity contribution in [1.29, 1.82) is 0 Å². The van der Waals surface area contributed by atoms with Gasteiger partial charge in [0.25, 0.3) is 0 Å². The predicted octanol–water partition coefficient (Wildman–Crippen LogP) is 2.18. The molecule has 98 valence electrons. The van der Waals surface area contributed by atoms with Gasteiger partial charge in [-0.15, -0.1) is 0 Å². The van der Waals surface area contributed by atoms with Crippen LogP contribution in [-0.4, -0.2) is 28.8 Å². The molecule has 0 saturated heterocycles. The van der Waals surface area contributed by atoms with E-state index < -0.39 is 23.7 Å². The van der Waals surface area contributed by atoms with Crippen LogP contribution in [0.25, 0.3) is 0 Å². The molecule has 2 atom stereocenters. The normalized spacial score (nSPS) is 15.4. The van der Waals surface area contributed by atoms with Gasteiger partial charge in [-0.2, -0.15) is 0 Å². The van der Waals surface area contributed by atoms with Gasteiger partial charge in [0, 0.05) is 5.92 Å². The number of allylic oxidation sites excluding steroid dienone is 1. The van der Waals surface area contributed by atoms with Gasteiger partial charge in [-0.25, -0.2) is 9.59 Å². The third-order valence-electron chi connectivity index (χ3n) is 1.96. The SMILES string of the molecule is C/C=C/[C@@H](C)[C@@H](NC(=O)OC(C)(C)C)C(=O)O. The van der Waals surface area contributed by atoms with Crippen LogP contribution < -0.4 is 5.32 Å². The Bertz CT molecular complexity index is 304. The van der Waals surface area contributed by atoms with Crippen LogP contribution in [0.5, 0.6) is 0 Å². The summed E-state index contributed by atoms with van der Waals surface area (Å²) < 4.78 is 5.01. The highest BCUT2D eigenvalue weighted by molar-refractivity contribution is 5.80. The fraction of sp³-hybridized carbons (Fsp3) is 0.667. The minimum absolute atomic E-state index is 0.301. The van der Waals surface area contributed by atoms with Crippen molar-refractivity contribution in [3.8, 4) is 0 Å². The van der Waals surface area contributed by atoms with E-state index in [-0.39, 0.29) is 5.92 Å². The van der Waals surface area contributed by atoms with Crippen molar-refractivity contribution in [3.63, 3.8) is 0 Å². The largest absolute Gasteiger partial charge is 0.480 e. The van der Waals surface area contributed by atoms with Crippen LogP contribution in [0, 0.1) is 5.92 Å². The topological polar surface area (TPSA) is 75.6 Å². The maximum absolute atomic E-state index is 11.5. The molecule has 17 heavy (non-hydrogen) atoms. The van der Waals surface area contributed by atoms with Gasteiger partial charge in [0.1, 0.15) is 11.6 Å². The number of alkyl carbamates (subject to hydrolysis) is 1. The van der Waals surface area contributed by atoms with Crippen molar-refractivity contribution >= 4 is 12.1 Å². The van der Waals surface area contributed by atoms with Crippen molar-refractivity contribution < 1.29 is 19.4 Å². The summed E-state index contributed by atoms with van der Waals surface area (Å²) in [6.07, 6.45) is 2.74. The Morgan fingerprint density at radius 1 is 1.35 bits per heavy atom. The van der Waals surface area contributed by atoms with Gasteiger partial charge < -0.3 is 15.2 Å². The first-order valence-corrected chi connectivity index (χ1v) is 5.52. The zero-order valence-electron chi connectivity index (χ0n) is 11.0. The van der Waals surface area contributed by atoms with Crippen LogP contribution in [0.15, 0.2) is 12.2 Å². The van der Waals surface area contributed by atoms with E-state index in [1.807, 2.05) is 0 Å². The molecule has 0 fully saturated rings. The number of hydrogen-bond acceptors (Lipinski definition) is 3. The number of carbonyl (C=O) groups is 2. The second-order valence-corrected chi connectivity index (χ2v) is 4.85. The van der Waals surface area contributed by atoms with Crippen molar-refractivity contribution in [3.05, 3.63) is 12.2 Å². The average Bonchev–Trinajstić information content (AvgIpc) is 2.11. The summed E-state index contributed by atoms with van der Waals surface area (Å²) in [7, 11) is 0. The quantitative estimate of drug-likeness (QED) is 0.742. The van der Waals surface area contributed by atoms with Crippen molar-refractivity contribution in [2.75, 3.05) is 0 Å². The van der Waals surface area contributed by atoms with Gasteiger partial charge >= 0.3 is 12.1 Å². The molecular formula is C12H21NO4. The molecule has 2 N–H and O–H groups in total. The summed E-state index contributed by atoms with van der Waals surface area (Å²) >= 11 is 0. The predicted molar refractivity (Wildman–Crippen MR) is 64.8 cm³/mol. The highest BCUT2D eigenvalue weighted by Crippen LogP contribution is 2.10. The number of carbonyl (C=O) groups excluding carboxylic acids is 1. The summed E-state index contributed by atoms with van der Waals surface area (Å²) in [5.74, 6) is -1.38. The number of amides is 1. The van der Waals surface area contributed by atoms with Gasteiger partial charge in [-0.1, -0.05) is 19.1 Å². The molecule has 0 saturated carbocycles. The monoisotopic (exact) mass is 243 g/mol. The highest BCUT2D eigenvalue weighted by atomic mass is 16.6. The van der Waals surface area contributed by atoms with E-state index in [2.05, 4.69) is 5.32 Å². The second-order valence-electron chi connectivity index (χ2n) is 4.85. The van der Waals surface area contributed by atoms with Crippen LogP contribution in [0.3, 0.4) is 0 Å². The second kappa shape index (κ2) is 6.27. The fourth-order valence-corrected chi connectivity index (χ4v) is 1.27. The minimum atomic E-state index is -1.08. The Morgan fingerprint density at radius 2 is 1.88 bits per heavy atom. The molecule has 5 heteroatoms. The molecule has 0 spiro atoms. The Hall–Kier alpha value is -1.52. The lowest BCUT2D eigenvalue weighted by atomic mass is 10.0. The van der Waals surface area contributed by atoms with Gasteiger partial charge in [0.2, 0.25) is 0 Å². The Kier molecular flexibility index (Phi) is 5.71. The van der Waals surface area contributed by atoms with Gasteiger partial charge in [0.05, 0.1) is 0 Å². The Morgan fingerprint density at radius 3 is 2.24 bits per heavy atom. The van der Waals surface area contributed by atoms with Crippen LogP contribution in [0.4, 0.5) is 4.79 Å². The van der Waals surface area contributed by atoms with Gasteiger partial charge in [-0.3, -0.25) is 0 Å². The van der Waals surface area contributed by atoms with Gasteiger partial charge in [0.15, 0.2) is 0 Å². The van der Waals surface area contributed by atoms with Crippen molar-refractivity contribution in [1.82, 2.24) is 5.32 Å². The fourth-order valence-electron chi connectivity index (χ4n) is 1.27. The maximum Gasteiger partial charge on any atom is 0.408 e. The van der Waals surface area contributed by atoms with Crippen LogP contribution >= 0.6 is 0 Å². The molecule has 0 rings (SSSR count). The first-order chi connectivity index (χ1) is 7.67. The first-order valence-electron chi connectivity index (χ1n) is 5.52. The summed E-state index contributed by atoms with van der Waals surface area (Å²) in [4.78, 5) is 22.5. The Balaban J connectivity index is 4.56. The number of hydrogen-bond donors (Lipinski definition) is 2. The molecule has 5 nitrogen and oxygen atoms in total. The summed E-state index contributed by atoms with van der Waals surface area (Å²) in [5, 5.41) is 11.4. The number of nitrogens with one attached hydrogen (secondary N) is 1. The standard InChI is InChI=1S/C12H21NO4/c1-6-7-8(2)9(10(14)15)13-11(16)17-12(3,4)5/h6-9H,1-5H3,(H,13,16)(H,14,15)/b7-6+/t8-,9-/m1/s1. The average molecular weight is 243 g/mol. The van der Waals surface area contributed by atoms with E-state index >= 15 is 0 Å². The number of ether oxygens (including phenoxy) is 1. The summed E-state index contributed by atoms with van der Waals surface area (Å²) in [5.41, 5.74) is -0.642. The lowest BCUT2D eigenvalue weighted by Gasteiger charge is -2.23. The van der Waals surface area contributed by atoms with Crippen LogP contribution in [0.1, 0.15) is 34.6 Å². The van der Waals surface area contributed by atoms with Crippen molar-refractivity contribution in [2.45, 2.75) is 46.3 Å². The van der Waals surface area contributed by atoms with Crippen molar-refractivity contribution in [2.24, 2.45) is 5.92 Å². The van der Waals surface area contributed by atoms with E-state index in [9.17, 15) is 9.59 Å². The molecule has 0 aliphatic rings. The van der Waals surface area contributed by atoms with Gasteiger partial charge in [-0.05, 0) is 27.7 Å². The van der Waals surface area contributed by atoms with E-state index in [4.69, 9.17) is 9.84 Å². The zero-order chi connectivity index (χ0) is 13.6. The molecular weight excluding hydrogens is 222 g/mol. The molecule has 0 radical (unpaired) electrons. The molecule has 0 aromatic rings. The third-order valence-corrected chi connectivity index (χ3v) is 1.96. The zero-order valence-corrected chi connectivity index (χ0v) is 11.0. The third kappa shape index (κ3) is 6.60. The van der Waals surface area contributed by atoms with E-state index in [1.165, 1.54) is 0 Å². The summed E-state index contributed by atoms with van der Waals surface area (Å²) in [6.45, 7) is 8.67. The molecule has 0 aliphatic carbocycles. The number of carboxylic acids is 1.